The Labute approximate surface area is 149 Å². The fourth-order valence-electron chi connectivity index (χ4n) is 2.96. The fourth-order valence-corrected chi connectivity index (χ4v) is 3.32. The number of aromatic amines is 1. The Kier molecular flexibility index (Phi) is 4.45. The van der Waals surface area contributed by atoms with Gasteiger partial charge in [0.05, 0.1) is 5.52 Å². The Morgan fingerprint density at radius 1 is 1.17 bits per heavy atom. The van der Waals surface area contributed by atoms with Crippen LogP contribution in [0.3, 0.4) is 0 Å². The molecule has 0 aliphatic rings. The van der Waals surface area contributed by atoms with Gasteiger partial charge in [-0.3, -0.25) is 9.78 Å². The maximum atomic E-state index is 12.2. The summed E-state index contributed by atoms with van der Waals surface area (Å²) in [6, 6.07) is 8.05. The van der Waals surface area contributed by atoms with Crippen LogP contribution in [0.25, 0.3) is 10.9 Å². The van der Waals surface area contributed by atoms with E-state index in [2.05, 4.69) is 44.2 Å². The summed E-state index contributed by atoms with van der Waals surface area (Å²) in [5.41, 5.74) is 6.66. The zero-order chi connectivity index (χ0) is 17.4. The lowest BCUT2D eigenvalue weighted by molar-refractivity contribution is 1.01. The second kappa shape index (κ2) is 6.40. The number of rotatable bonds is 3. The van der Waals surface area contributed by atoms with Gasteiger partial charge in [0.25, 0.3) is 5.56 Å². The van der Waals surface area contributed by atoms with Crippen LogP contribution in [0.1, 0.15) is 28.1 Å². The van der Waals surface area contributed by atoms with Crippen molar-refractivity contribution in [3.8, 4) is 0 Å². The van der Waals surface area contributed by atoms with Gasteiger partial charge in [-0.15, -0.1) is 0 Å². The molecule has 0 spiro atoms. The van der Waals surface area contributed by atoms with Crippen LogP contribution in [0, 0.1) is 27.7 Å². The summed E-state index contributed by atoms with van der Waals surface area (Å²) in [4.78, 5) is 19.8. The van der Waals surface area contributed by atoms with Gasteiger partial charge < -0.3 is 10.3 Å². The molecule has 0 saturated heterocycles. The van der Waals surface area contributed by atoms with E-state index in [1.165, 1.54) is 0 Å². The molecule has 1 aromatic carbocycles. The molecular formula is C19H20BrN3O. The van der Waals surface area contributed by atoms with Crippen molar-refractivity contribution in [2.24, 2.45) is 0 Å². The molecule has 0 amide bonds. The number of aryl methyl sites for hydroxylation is 3. The first kappa shape index (κ1) is 16.7. The summed E-state index contributed by atoms with van der Waals surface area (Å²) >= 11 is 3.53. The summed E-state index contributed by atoms with van der Waals surface area (Å²) < 4.78 is 1.01. The quantitative estimate of drug-likeness (QED) is 0.695. The van der Waals surface area contributed by atoms with E-state index in [0.717, 1.165) is 49.1 Å². The van der Waals surface area contributed by atoms with E-state index in [9.17, 15) is 4.79 Å². The van der Waals surface area contributed by atoms with Crippen molar-refractivity contribution < 1.29 is 0 Å². The van der Waals surface area contributed by atoms with Crippen molar-refractivity contribution in [1.82, 2.24) is 9.97 Å². The second-order valence-electron chi connectivity index (χ2n) is 6.16. The molecule has 0 aliphatic heterocycles. The summed E-state index contributed by atoms with van der Waals surface area (Å²) in [5.74, 6) is 0. The van der Waals surface area contributed by atoms with Crippen molar-refractivity contribution in [1.29, 1.82) is 0 Å². The van der Waals surface area contributed by atoms with Crippen LogP contribution in [0.4, 0.5) is 5.69 Å². The van der Waals surface area contributed by atoms with Crippen LogP contribution in [0.15, 0.2) is 33.5 Å². The molecular weight excluding hydrogens is 366 g/mol. The molecule has 3 aromatic rings. The first-order chi connectivity index (χ1) is 11.4. The molecule has 0 bridgehead atoms. The SMILES string of the molecule is Cc1cc(C)c(CNc2c(C)c(C)nc3ccc(Br)cc23)c(=O)[nH]1. The van der Waals surface area contributed by atoms with E-state index in [-0.39, 0.29) is 5.56 Å². The van der Waals surface area contributed by atoms with Crippen LogP contribution >= 0.6 is 15.9 Å². The third-order valence-corrected chi connectivity index (χ3v) is 4.86. The van der Waals surface area contributed by atoms with Crippen LogP contribution in [-0.2, 0) is 6.54 Å². The number of H-pyrrole nitrogens is 1. The van der Waals surface area contributed by atoms with E-state index in [4.69, 9.17) is 0 Å². The predicted molar refractivity (Wildman–Crippen MR) is 103 cm³/mol. The largest absolute Gasteiger partial charge is 0.380 e. The van der Waals surface area contributed by atoms with Gasteiger partial charge >= 0.3 is 0 Å². The Morgan fingerprint density at radius 2 is 1.92 bits per heavy atom. The molecule has 0 fully saturated rings. The smallest absolute Gasteiger partial charge is 0.253 e. The minimum Gasteiger partial charge on any atom is -0.380 e. The zero-order valence-corrected chi connectivity index (χ0v) is 15.8. The highest BCUT2D eigenvalue weighted by Gasteiger charge is 2.12. The predicted octanol–water partition coefficient (Wildman–Crippen LogP) is 4.53. The van der Waals surface area contributed by atoms with Crippen molar-refractivity contribution in [2.75, 3.05) is 5.32 Å². The molecule has 0 unspecified atom stereocenters. The van der Waals surface area contributed by atoms with Crippen molar-refractivity contribution in [3.63, 3.8) is 0 Å². The van der Waals surface area contributed by atoms with Crippen LogP contribution in [0.2, 0.25) is 0 Å². The minimum absolute atomic E-state index is 0.0334. The van der Waals surface area contributed by atoms with Gasteiger partial charge in [0.15, 0.2) is 0 Å². The summed E-state index contributed by atoms with van der Waals surface area (Å²) in [7, 11) is 0. The number of hydrogen-bond donors (Lipinski definition) is 2. The van der Waals surface area contributed by atoms with Gasteiger partial charge in [-0.2, -0.15) is 0 Å². The summed E-state index contributed by atoms with van der Waals surface area (Å²) in [6.45, 7) is 8.40. The number of hydrogen-bond acceptors (Lipinski definition) is 3. The zero-order valence-electron chi connectivity index (χ0n) is 14.2. The third kappa shape index (κ3) is 3.08. The van der Waals surface area contributed by atoms with Crippen molar-refractivity contribution in [3.05, 3.63) is 67.2 Å². The number of nitrogens with zero attached hydrogens (tertiary/aromatic N) is 1. The Balaban J connectivity index is 2.06. The number of anilines is 1. The average Bonchev–Trinajstić information content (AvgIpc) is 2.50. The third-order valence-electron chi connectivity index (χ3n) is 4.37. The van der Waals surface area contributed by atoms with Gasteiger partial charge in [-0.05, 0) is 63.1 Å². The van der Waals surface area contributed by atoms with Crippen molar-refractivity contribution in [2.45, 2.75) is 34.2 Å². The van der Waals surface area contributed by atoms with E-state index < -0.39 is 0 Å². The van der Waals surface area contributed by atoms with E-state index in [1.54, 1.807) is 0 Å². The van der Waals surface area contributed by atoms with Gasteiger partial charge in [0.1, 0.15) is 0 Å². The lowest BCUT2D eigenvalue weighted by Crippen LogP contribution is -2.19. The molecule has 2 aromatic heterocycles. The topological polar surface area (TPSA) is 57.8 Å². The number of benzene rings is 1. The maximum absolute atomic E-state index is 12.2. The normalized spacial score (nSPS) is 11.0. The van der Waals surface area contributed by atoms with Crippen molar-refractivity contribution >= 4 is 32.5 Å². The molecule has 5 heteroatoms. The van der Waals surface area contributed by atoms with Gasteiger partial charge in [-0.1, -0.05) is 15.9 Å². The number of fused-ring (bicyclic) bond motifs is 1. The number of halogens is 1. The number of nitrogens with one attached hydrogen (secondary N) is 2. The van der Waals surface area contributed by atoms with Crippen LogP contribution in [-0.4, -0.2) is 9.97 Å². The van der Waals surface area contributed by atoms with E-state index >= 15 is 0 Å². The summed E-state index contributed by atoms with van der Waals surface area (Å²) in [5, 5.41) is 4.51. The Bertz CT molecular complexity index is 992. The van der Waals surface area contributed by atoms with Gasteiger partial charge in [-0.25, -0.2) is 0 Å². The Hall–Kier alpha value is -2.14. The first-order valence-electron chi connectivity index (χ1n) is 7.86. The van der Waals surface area contributed by atoms with E-state index in [1.807, 2.05) is 39.0 Å². The molecule has 0 atom stereocenters. The lowest BCUT2D eigenvalue weighted by Gasteiger charge is -2.16. The first-order valence-corrected chi connectivity index (χ1v) is 8.66. The maximum Gasteiger partial charge on any atom is 0.253 e. The minimum atomic E-state index is -0.0334. The van der Waals surface area contributed by atoms with Crippen LogP contribution in [0.5, 0.6) is 0 Å². The molecule has 2 N–H and O–H groups in total. The molecule has 2 heterocycles. The molecule has 24 heavy (non-hydrogen) atoms. The van der Waals surface area contributed by atoms with Gasteiger partial charge in [0.2, 0.25) is 0 Å². The average molecular weight is 386 g/mol. The van der Waals surface area contributed by atoms with Crippen LogP contribution < -0.4 is 10.9 Å². The molecule has 4 nitrogen and oxygen atoms in total. The monoisotopic (exact) mass is 385 g/mol. The standard InChI is InChI=1S/C19H20BrN3O/c1-10-7-11(2)22-19(24)16(10)9-21-18-12(3)13(4)23-17-6-5-14(20)8-15(17)18/h5-8H,9H2,1-4H3,(H,21,23)(H,22,24). The summed E-state index contributed by atoms with van der Waals surface area (Å²) in [6.07, 6.45) is 0. The number of aromatic nitrogens is 2. The highest BCUT2D eigenvalue weighted by molar-refractivity contribution is 9.10. The lowest BCUT2D eigenvalue weighted by atomic mass is 10.1. The highest BCUT2D eigenvalue weighted by Crippen LogP contribution is 2.30. The number of pyridine rings is 2. The molecule has 0 saturated carbocycles. The highest BCUT2D eigenvalue weighted by atomic mass is 79.9. The molecule has 3 rings (SSSR count). The van der Waals surface area contributed by atoms with Gasteiger partial charge in [0, 0.05) is 39.0 Å². The van der Waals surface area contributed by atoms with E-state index in [0.29, 0.717) is 6.54 Å². The molecule has 0 radical (unpaired) electrons. The Morgan fingerprint density at radius 3 is 2.62 bits per heavy atom. The fraction of sp³-hybridized carbons (Fsp3) is 0.263. The molecule has 124 valence electrons. The second-order valence-corrected chi connectivity index (χ2v) is 7.07. The molecule has 0 aliphatic carbocycles.